The Hall–Kier alpha value is -1.32. The van der Waals surface area contributed by atoms with Gasteiger partial charge < -0.3 is 10.1 Å². The number of esters is 1. The maximum absolute atomic E-state index is 11.2. The molecular formula is C9H13NO3. The highest BCUT2D eigenvalue weighted by Crippen LogP contribution is 2.08. The molecule has 0 saturated carbocycles. The minimum Gasteiger partial charge on any atom is -0.449 e. The number of nitrogens with one attached hydrogen (secondary N) is 1. The number of ether oxygens (including phenoxy) is 1. The van der Waals surface area contributed by atoms with E-state index in [0.717, 1.165) is 0 Å². The zero-order valence-electron chi connectivity index (χ0n) is 7.79. The van der Waals surface area contributed by atoms with Crippen molar-refractivity contribution < 1.29 is 14.3 Å². The van der Waals surface area contributed by atoms with Gasteiger partial charge in [0.25, 0.3) is 5.91 Å². The van der Waals surface area contributed by atoms with E-state index in [0.29, 0.717) is 18.5 Å². The molecule has 0 aromatic carbocycles. The zero-order chi connectivity index (χ0) is 9.84. The van der Waals surface area contributed by atoms with Gasteiger partial charge in [-0.05, 0) is 13.8 Å². The molecule has 1 aliphatic heterocycles. The van der Waals surface area contributed by atoms with Crippen LogP contribution >= 0.6 is 0 Å². The fraction of sp³-hybridized carbons (Fsp3) is 0.556. The van der Waals surface area contributed by atoms with Crippen LogP contribution in [-0.2, 0) is 14.3 Å². The minimum atomic E-state index is -0.595. The number of hydrogen-bond acceptors (Lipinski definition) is 3. The van der Waals surface area contributed by atoms with Gasteiger partial charge in [0.05, 0.1) is 0 Å². The van der Waals surface area contributed by atoms with E-state index in [1.54, 1.807) is 19.9 Å². The van der Waals surface area contributed by atoms with Crippen molar-refractivity contribution in [2.24, 2.45) is 0 Å². The topological polar surface area (TPSA) is 55.4 Å². The second-order valence-electron chi connectivity index (χ2n) is 2.95. The molecule has 1 amide bonds. The summed E-state index contributed by atoms with van der Waals surface area (Å²) in [5.41, 5.74) is 0.528. The van der Waals surface area contributed by atoms with Gasteiger partial charge >= 0.3 is 5.97 Å². The molecule has 1 N–H and O–H groups in total. The largest absolute Gasteiger partial charge is 0.449 e. The maximum atomic E-state index is 11.2. The van der Waals surface area contributed by atoms with Crippen molar-refractivity contribution in [1.82, 2.24) is 5.32 Å². The average molecular weight is 183 g/mol. The van der Waals surface area contributed by atoms with E-state index in [1.807, 2.05) is 0 Å². The number of carbonyl (C=O) groups is 2. The molecule has 0 aromatic heterocycles. The highest BCUT2D eigenvalue weighted by molar-refractivity contribution is 5.91. The summed E-state index contributed by atoms with van der Waals surface area (Å²) in [5, 5.41) is 2.60. The molecule has 1 rings (SSSR count). The van der Waals surface area contributed by atoms with Gasteiger partial charge in [0.1, 0.15) is 0 Å². The number of rotatable bonds is 2. The first kappa shape index (κ1) is 9.77. The smallest absolute Gasteiger partial charge is 0.334 e. The van der Waals surface area contributed by atoms with E-state index in [2.05, 4.69) is 5.32 Å². The molecule has 4 nitrogen and oxygen atoms in total. The zero-order valence-corrected chi connectivity index (χ0v) is 7.79. The van der Waals surface area contributed by atoms with E-state index >= 15 is 0 Å². The molecule has 0 aliphatic carbocycles. The summed E-state index contributed by atoms with van der Waals surface area (Å²) < 4.78 is 4.96. The van der Waals surface area contributed by atoms with E-state index in [4.69, 9.17) is 4.74 Å². The summed E-state index contributed by atoms with van der Waals surface area (Å²) in [6.07, 6.45) is 1.64. The van der Waals surface area contributed by atoms with Crippen molar-refractivity contribution in [2.75, 3.05) is 6.54 Å². The van der Waals surface area contributed by atoms with Crippen LogP contribution < -0.4 is 5.32 Å². The normalized spacial score (nSPS) is 22.8. The van der Waals surface area contributed by atoms with Crippen molar-refractivity contribution in [1.29, 1.82) is 0 Å². The molecule has 13 heavy (non-hydrogen) atoms. The van der Waals surface area contributed by atoms with E-state index in [9.17, 15) is 9.59 Å². The Balaban J connectivity index is 2.49. The van der Waals surface area contributed by atoms with E-state index in [1.165, 1.54) is 0 Å². The summed E-state index contributed by atoms with van der Waals surface area (Å²) in [6, 6.07) is 0. The van der Waals surface area contributed by atoms with Crippen LogP contribution in [0.15, 0.2) is 11.6 Å². The predicted molar refractivity (Wildman–Crippen MR) is 46.9 cm³/mol. The van der Waals surface area contributed by atoms with Crippen molar-refractivity contribution in [2.45, 2.75) is 26.4 Å². The monoisotopic (exact) mass is 183 g/mol. The molecule has 4 heteroatoms. The number of allylic oxidation sites excluding steroid dienone is 1. The first-order valence-electron chi connectivity index (χ1n) is 4.26. The van der Waals surface area contributed by atoms with Crippen molar-refractivity contribution >= 4 is 11.9 Å². The van der Waals surface area contributed by atoms with Gasteiger partial charge in [0.15, 0.2) is 6.10 Å². The molecular weight excluding hydrogens is 170 g/mol. The standard InChI is InChI=1S/C9H13NO3/c1-3-6(2)9(12)13-7-4-5-10-8(7)11/h3,7H,4-5H2,1-2H3,(H,10,11)/b6-3-. The second-order valence-corrected chi connectivity index (χ2v) is 2.95. The molecule has 72 valence electrons. The van der Waals surface area contributed by atoms with E-state index in [-0.39, 0.29) is 5.91 Å². The molecule has 0 radical (unpaired) electrons. The summed E-state index contributed by atoms with van der Waals surface area (Å²) in [4.78, 5) is 22.2. The van der Waals surface area contributed by atoms with Gasteiger partial charge in [-0.3, -0.25) is 4.79 Å². The Kier molecular flexibility index (Phi) is 3.06. The van der Waals surface area contributed by atoms with E-state index < -0.39 is 12.1 Å². The highest BCUT2D eigenvalue weighted by Gasteiger charge is 2.27. The number of hydrogen-bond donors (Lipinski definition) is 1. The summed E-state index contributed by atoms with van der Waals surface area (Å²) in [6.45, 7) is 4.01. The fourth-order valence-corrected chi connectivity index (χ4v) is 1.02. The van der Waals surface area contributed by atoms with Gasteiger partial charge in [-0.25, -0.2) is 4.79 Å². The highest BCUT2D eigenvalue weighted by atomic mass is 16.5. The molecule has 0 spiro atoms. The van der Waals surface area contributed by atoms with Crippen LogP contribution in [0.2, 0.25) is 0 Å². The van der Waals surface area contributed by atoms with Gasteiger partial charge in [-0.15, -0.1) is 0 Å². The Morgan fingerprint density at radius 2 is 2.38 bits per heavy atom. The Morgan fingerprint density at radius 1 is 1.69 bits per heavy atom. The molecule has 1 aliphatic rings. The quantitative estimate of drug-likeness (QED) is 0.497. The van der Waals surface area contributed by atoms with Crippen LogP contribution in [0.1, 0.15) is 20.3 Å². The lowest BCUT2D eigenvalue weighted by Crippen LogP contribution is -2.27. The van der Waals surface area contributed by atoms with Crippen LogP contribution in [0.3, 0.4) is 0 Å². The number of amides is 1. The Labute approximate surface area is 76.9 Å². The van der Waals surface area contributed by atoms with Crippen LogP contribution in [0.4, 0.5) is 0 Å². The second kappa shape index (κ2) is 4.07. The molecule has 1 unspecified atom stereocenters. The van der Waals surface area contributed by atoms with Crippen molar-refractivity contribution in [3.05, 3.63) is 11.6 Å². The van der Waals surface area contributed by atoms with Crippen LogP contribution in [0, 0.1) is 0 Å². The molecule has 0 bridgehead atoms. The third-order valence-electron chi connectivity index (χ3n) is 2.00. The van der Waals surface area contributed by atoms with Gasteiger partial charge in [0.2, 0.25) is 0 Å². The Bertz CT molecular complexity index is 258. The Morgan fingerprint density at radius 3 is 2.85 bits per heavy atom. The summed E-state index contributed by atoms with van der Waals surface area (Å²) >= 11 is 0. The van der Waals surface area contributed by atoms with Gasteiger partial charge in [-0.2, -0.15) is 0 Å². The lowest BCUT2D eigenvalue weighted by Gasteiger charge is -2.08. The van der Waals surface area contributed by atoms with Crippen LogP contribution in [0.5, 0.6) is 0 Å². The third kappa shape index (κ3) is 2.31. The summed E-state index contributed by atoms with van der Waals surface area (Å²) in [7, 11) is 0. The first-order valence-corrected chi connectivity index (χ1v) is 4.26. The minimum absolute atomic E-state index is 0.197. The van der Waals surface area contributed by atoms with Gasteiger partial charge in [0, 0.05) is 18.5 Å². The van der Waals surface area contributed by atoms with Crippen molar-refractivity contribution in [3.8, 4) is 0 Å². The predicted octanol–water partition coefficient (Wildman–Crippen LogP) is 0.384. The molecule has 0 aromatic rings. The van der Waals surface area contributed by atoms with Crippen LogP contribution in [0.25, 0.3) is 0 Å². The number of carbonyl (C=O) groups excluding carboxylic acids is 2. The SMILES string of the molecule is C/C=C(/C)C(=O)OC1CCNC1=O. The van der Waals surface area contributed by atoms with Gasteiger partial charge in [-0.1, -0.05) is 6.08 Å². The third-order valence-corrected chi connectivity index (χ3v) is 2.00. The lowest BCUT2D eigenvalue weighted by molar-refractivity contribution is -0.150. The molecule has 1 saturated heterocycles. The first-order chi connectivity index (χ1) is 6.15. The fourth-order valence-electron chi connectivity index (χ4n) is 1.02. The van der Waals surface area contributed by atoms with Crippen LogP contribution in [-0.4, -0.2) is 24.5 Å². The lowest BCUT2D eigenvalue weighted by atomic mass is 10.3. The average Bonchev–Trinajstić information content (AvgIpc) is 2.50. The molecule has 1 atom stereocenters. The maximum Gasteiger partial charge on any atom is 0.334 e. The molecule has 1 fully saturated rings. The summed E-state index contributed by atoms with van der Waals surface area (Å²) in [5.74, 6) is -0.609. The van der Waals surface area contributed by atoms with Crippen molar-refractivity contribution in [3.63, 3.8) is 0 Å². The molecule has 1 heterocycles.